The monoisotopic (exact) mass is 206 g/mol. The highest BCUT2D eigenvalue weighted by Crippen LogP contribution is 2.06. The van der Waals surface area contributed by atoms with Crippen LogP contribution in [0.1, 0.15) is 39.0 Å². The van der Waals surface area contributed by atoms with Crippen molar-refractivity contribution >= 4 is 15.9 Å². The Morgan fingerprint density at radius 3 is 2.60 bits per heavy atom. The van der Waals surface area contributed by atoms with Crippen molar-refractivity contribution in [3.8, 4) is 0 Å². The van der Waals surface area contributed by atoms with Gasteiger partial charge in [-0.1, -0.05) is 26.2 Å². The molecule has 1 nitrogen and oxygen atoms in total. The Bertz CT molecular complexity index is 95.4. The van der Waals surface area contributed by atoms with E-state index in [1.165, 1.54) is 25.7 Å². The van der Waals surface area contributed by atoms with Crippen molar-refractivity contribution in [2.24, 2.45) is 0 Å². The van der Waals surface area contributed by atoms with Crippen molar-refractivity contribution in [2.45, 2.75) is 39.0 Å². The molecule has 0 spiro atoms. The molecular formula is C8H15BrO. The second-order valence-corrected chi connectivity index (χ2v) is 3.19. The summed E-state index contributed by atoms with van der Waals surface area (Å²) in [6, 6.07) is 0. The molecule has 2 heteroatoms. The van der Waals surface area contributed by atoms with Crippen LogP contribution >= 0.6 is 15.9 Å². The number of hydrogen-bond acceptors (Lipinski definition) is 1. The van der Waals surface area contributed by atoms with Crippen LogP contribution in [0.5, 0.6) is 0 Å². The average molecular weight is 207 g/mol. The Morgan fingerprint density at radius 1 is 1.40 bits per heavy atom. The molecule has 60 valence electrons. The molecule has 0 aromatic rings. The van der Waals surface area contributed by atoms with Crippen molar-refractivity contribution < 1.29 is 5.11 Å². The molecule has 0 radical (unpaired) electrons. The summed E-state index contributed by atoms with van der Waals surface area (Å²) in [5.74, 6) is 0. The van der Waals surface area contributed by atoms with E-state index in [0.717, 1.165) is 6.42 Å². The standard InChI is InChI=1S/C8H15BrO/c1-2-3-4-5-6-7-8(9)10/h7,10H,2-6H2,1H3/b8-7+. The minimum absolute atomic E-state index is 0.268. The highest BCUT2D eigenvalue weighted by Gasteiger charge is 1.86. The van der Waals surface area contributed by atoms with E-state index >= 15 is 0 Å². The van der Waals surface area contributed by atoms with E-state index in [2.05, 4.69) is 22.9 Å². The first-order valence-electron chi connectivity index (χ1n) is 3.82. The lowest BCUT2D eigenvalue weighted by Gasteiger charge is -1.93. The first-order valence-corrected chi connectivity index (χ1v) is 4.61. The number of aliphatic hydroxyl groups is 1. The SMILES string of the molecule is CCCCCC/C=C(/O)Br. The molecule has 1 N–H and O–H groups in total. The molecule has 0 amide bonds. The van der Waals surface area contributed by atoms with E-state index in [4.69, 9.17) is 5.11 Å². The molecule has 0 fully saturated rings. The molecule has 0 saturated heterocycles. The summed E-state index contributed by atoms with van der Waals surface area (Å²) in [5.41, 5.74) is 0. The van der Waals surface area contributed by atoms with Gasteiger partial charge in [-0.3, -0.25) is 0 Å². The van der Waals surface area contributed by atoms with Crippen LogP contribution < -0.4 is 0 Å². The molecular weight excluding hydrogens is 192 g/mol. The Hall–Kier alpha value is 0.0200. The van der Waals surface area contributed by atoms with Gasteiger partial charge in [0.15, 0.2) is 4.67 Å². The zero-order valence-electron chi connectivity index (χ0n) is 6.44. The number of unbranched alkanes of at least 4 members (excludes halogenated alkanes) is 4. The summed E-state index contributed by atoms with van der Waals surface area (Å²) in [5, 5.41) is 8.69. The van der Waals surface area contributed by atoms with Gasteiger partial charge in [0.2, 0.25) is 0 Å². The van der Waals surface area contributed by atoms with Crippen LogP contribution in [0.15, 0.2) is 10.7 Å². The van der Waals surface area contributed by atoms with Crippen LogP contribution in [0.4, 0.5) is 0 Å². The number of hydrogen-bond donors (Lipinski definition) is 1. The summed E-state index contributed by atoms with van der Waals surface area (Å²) in [4.78, 5) is 0. The minimum Gasteiger partial charge on any atom is -0.502 e. The number of aliphatic hydroxyl groups excluding tert-OH is 1. The molecule has 10 heavy (non-hydrogen) atoms. The Labute approximate surface area is 71.3 Å². The van der Waals surface area contributed by atoms with Crippen molar-refractivity contribution in [2.75, 3.05) is 0 Å². The Morgan fingerprint density at radius 2 is 2.10 bits per heavy atom. The van der Waals surface area contributed by atoms with Gasteiger partial charge in [0.25, 0.3) is 0 Å². The molecule has 0 heterocycles. The average Bonchev–Trinajstić information content (AvgIpc) is 1.87. The van der Waals surface area contributed by atoms with E-state index in [-0.39, 0.29) is 4.67 Å². The zero-order chi connectivity index (χ0) is 7.82. The first-order chi connectivity index (χ1) is 4.77. The van der Waals surface area contributed by atoms with Crippen LogP contribution in [0.25, 0.3) is 0 Å². The molecule has 0 bridgehead atoms. The van der Waals surface area contributed by atoms with Gasteiger partial charge in [0.05, 0.1) is 0 Å². The molecule has 0 aliphatic heterocycles. The van der Waals surface area contributed by atoms with Gasteiger partial charge in [-0.2, -0.15) is 0 Å². The summed E-state index contributed by atoms with van der Waals surface area (Å²) in [7, 11) is 0. The van der Waals surface area contributed by atoms with Crippen LogP contribution in [-0.2, 0) is 0 Å². The summed E-state index contributed by atoms with van der Waals surface area (Å²) >= 11 is 2.96. The van der Waals surface area contributed by atoms with Gasteiger partial charge in [0.1, 0.15) is 0 Å². The predicted molar refractivity (Wildman–Crippen MR) is 48.4 cm³/mol. The first kappa shape index (κ1) is 10.0. The molecule has 0 aromatic carbocycles. The fourth-order valence-corrected chi connectivity index (χ4v) is 1.02. The maximum Gasteiger partial charge on any atom is 0.154 e. The largest absolute Gasteiger partial charge is 0.502 e. The quantitative estimate of drug-likeness (QED) is 0.537. The predicted octanol–water partition coefficient (Wildman–Crippen LogP) is 3.75. The lowest BCUT2D eigenvalue weighted by atomic mass is 10.2. The van der Waals surface area contributed by atoms with E-state index < -0.39 is 0 Å². The summed E-state index contributed by atoms with van der Waals surface area (Å²) in [6.07, 6.45) is 7.81. The van der Waals surface area contributed by atoms with Gasteiger partial charge in [-0.15, -0.1) is 0 Å². The van der Waals surface area contributed by atoms with Crippen molar-refractivity contribution in [3.05, 3.63) is 10.7 Å². The van der Waals surface area contributed by atoms with Crippen LogP contribution in [0.3, 0.4) is 0 Å². The molecule has 0 aliphatic carbocycles. The van der Waals surface area contributed by atoms with Crippen LogP contribution in [0, 0.1) is 0 Å². The van der Waals surface area contributed by atoms with E-state index in [9.17, 15) is 0 Å². The van der Waals surface area contributed by atoms with E-state index in [0.29, 0.717) is 0 Å². The fourth-order valence-electron chi connectivity index (χ4n) is 0.792. The molecule has 0 aliphatic rings. The van der Waals surface area contributed by atoms with Crippen molar-refractivity contribution in [1.82, 2.24) is 0 Å². The van der Waals surface area contributed by atoms with E-state index in [1.54, 1.807) is 6.08 Å². The molecule has 0 saturated carbocycles. The third-order valence-corrected chi connectivity index (χ3v) is 1.69. The maximum atomic E-state index is 8.69. The normalized spacial score (nSPS) is 12.0. The Kier molecular flexibility index (Phi) is 7.15. The topological polar surface area (TPSA) is 20.2 Å². The van der Waals surface area contributed by atoms with Crippen molar-refractivity contribution in [3.63, 3.8) is 0 Å². The van der Waals surface area contributed by atoms with Gasteiger partial charge in [0, 0.05) is 0 Å². The maximum absolute atomic E-state index is 8.69. The minimum atomic E-state index is 0.268. The number of halogens is 1. The molecule has 0 unspecified atom stereocenters. The van der Waals surface area contributed by atoms with Crippen LogP contribution in [-0.4, -0.2) is 5.11 Å². The third kappa shape index (κ3) is 8.02. The summed E-state index contributed by atoms with van der Waals surface area (Å²) in [6.45, 7) is 2.19. The third-order valence-electron chi connectivity index (χ3n) is 1.37. The summed E-state index contributed by atoms with van der Waals surface area (Å²) < 4.78 is 0.268. The second-order valence-electron chi connectivity index (χ2n) is 2.38. The highest BCUT2D eigenvalue weighted by molar-refractivity contribution is 9.11. The zero-order valence-corrected chi connectivity index (χ0v) is 8.02. The van der Waals surface area contributed by atoms with Gasteiger partial charge in [-0.25, -0.2) is 0 Å². The fraction of sp³-hybridized carbons (Fsp3) is 0.750. The smallest absolute Gasteiger partial charge is 0.154 e. The number of rotatable bonds is 5. The Balaban J connectivity index is 2.98. The molecule has 0 aromatic heterocycles. The van der Waals surface area contributed by atoms with Gasteiger partial charge < -0.3 is 5.11 Å². The van der Waals surface area contributed by atoms with Crippen LogP contribution in [0.2, 0.25) is 0 Å². The van der Waals surface area contributed by atoms with E-state index in [1.807, 2.05) is 0 Å². The van der Waals surface area contributed by atoms with Gasteiger partial charge in [-0.05, 0) is 34.8 Å². The number of allylic oxidation sites excluding steroid dienone is 1. The second kappa shape index (κ2) is 7.13. The highest BCUT2D eigenvalue weighted by atomic mass is 79.9. The molecule has 0 atom stereocenters. The lowest BCUT2D eigenvalue weighted by Crippen LogP contribution is -1.74. The van der Waals surface area contributed by atoms with Crippen molar-refractivity contribution in [1.29, 1.82) is 0 Å². The molecule has 0 rings (SSSR count). The van der Waals surface area contributed by atoms with Gasteiger partial charge >= 0.3 is 0 Å². The lowest BCUT2D eigenvalue weighted by molar-refractivity contribution is 0.456.